The van der Waals surface area contributed by atoms with Crippen molar-refractivity contribution in [1.82, 2.24) is 10.5 Å². The molecule has 0 unspecified atom stereocenters. The Labute approximate surface area is 133 Å². The average Bonchev–Trinajstić information content (AvgIpc) is 2.54. The largest absolute Gasteiger partial charge is 0.288 e. The van der Waals surface area contributed by atoms with Crippen LogP contribution in [-0.2, 0) is 20.6 Å². The zero-order valence-electron chi connectivity index (χ0n) is 12.0. The van der Waals surface area contributed by atoms with Gasteiger partial charge >= 0.3 is 0 Å². The van der Waals surface area contributed by atoms with Gasteiger partial charge in [0, 0.05) is 12.3 Å². The summed E-state index contributed by atoms with van der Waals surface area (Å²) in [5, 5.41) is 8.38. The molecule has 0 fully saturated rings. The van der Waals surface area contributed by atoms with E-state index in [9.17, 15) is 13.2 Å². The Morgan fingerprint density at radius 1 is 1.22 bits per heavy atom. The lowest BCUT2D eigenvalue weighted by atomic mass is 10.1. The minimum Gasteiger partial charge on any atom is -0.288 e. The maximum Gasteiger partial charge on any atom is 0.267 e. The maximum atomic E-state index is 12.1. The molecule has 1 aromatic heterocycles. The van der Waals surface area contributed by atoms with Gasteiger partial charge in [0.2, 0.25) is 10.0 Å². The summed E-state index contributed by atoms with van der Waals surface area (Å²) >= 11 is 0. The molecule has 0 atom stereocenters. The second kappa shape index (κ2) is 7.52. The Morgan fingerprint density at radius 3 is 2.57 bits per heavy atom. The van der Waals surface area contributed by atoms with Crippen LogP contribution >= 0.6 is 0 Å². The van der Waals surface area contributed by atoms with Gasteiger partial charge in [-0.2, -0.15) is 0 Å². The van der Waals surface area contributed by atoms with E-state index in [0.29, 0.717) is 16.8 Å². The van der Waals surface area contributed by atoms with E-state index in [1.807, 2.05) is 0 Å². The summed E-state index contributed by atoms with van der Waals surface area (Å²) in [6.45, 7) is 0. The SMILES string of the molecule is O=C(/C=C/c1ccc(CS(=O)(=O)Nc2cccnc2)cc1)NO. The van der Waals surface area contributed by atoms with Crippen molar-refractivity contribution in [3.63, 3.8) is 0 Å². The number of carbonyl (C=O) groups excluding carboxylic acids is 1. The lowest BCUT2D eigenvalue weighted by Gasteiger charge is -2.07. The summed E-state index contributed by atoms with van der Waals surface area (Å²) in [6.07, 6.45) is 5.65. The molecule has 0 aliphatic heterocycles. The molecule has 120 valence electrons. The first-order valence-electron chi connectivity index (χ1n) is 6.60. The van der Waals surface area contributed by atoms with Gasteiger partial charge in [0.1, 0.15) is 0 Å². The number of nitrogens with zero attached hydrogens (tertiary/aromatic N) is 1. The predicted molar refractivity (Wildman–Crippen MR) is 85.9 cm³/mol. The van der Waals surface area contributed by atoms with Crippen LogP contribution in [-0.4, -0.2) is 24.5 Å². The molecule has 1 heterocycles. The Hall–Kier alpha value is -2.71. The third-order valence-electron chi connectivity index (χ3n) is 2.81. The van der Waals surface area contributed by atoms with Gasteiger partial charge in [-0.3, -0.25) is 19.7 Å². The summed E-state index contributed by atoms with van der Waals surface area (Å²) in [7, 11) is -3.54. The number of anilines is 1. The van der Waals surface area contributed by atoms with Gasteiger partial charge in [-0.05, 0) is 29.3 Å². The minimum atomic E-state index is -3.54. The summed E-state index contributed by atoms with van der Waals surface area (Å²) < 4.78 is 26.6. The number of nitrogens with one attached hydrogen (secondary N) is 2. The van der Waals surface area contributed by atoms with E-state index in [1.54, 1.807) is 42.6 Å². The fourth-order valence-electron chi connectivity index (χ4n) is 1.79. The zero-order chi connectivity index (χ0) is 16.7. The quantitative estimate of drug-likeness (QED) is 0.422. The van der Waals surface area contributed by atoms with Crippen LogP contribution in [0.1, 0.15) is 11.1 Å². The number of rotatable bonds is 6. The average molecular weight is 333 g/mol. The van der Waals surface area contributed by atoms with Crippen molar-refractivity contribution in [1.29, 1.82) is 0 Å². The van der Waals surface area contributed by atoms with Gasteiger partial charge in [-0.15, -0.1) is 0 Å². The first-order chi connectivity index (χ1) is 11.0. The molecule has 1 aromatic carbocycles. The molecule has 2 aromatic rings. The first kappa shape index (κ1) is 16.7. The predicted octanol–water partition coefficient (Wildman–Crippen LogP) is 1.54. The third kappa shape index (κ3) is 5.53. The molecule has 23 heavy (non-hydrogen) atoms. The van der Waals surface area contributed by atoms with Crippen LogP contribution in [0.25, 0.3) is 6.08 Å². The summed E-state index contributed by atoms with van der Waals surface area (Å²) in [4.78, 5) is 14.7. The van der Waals surface area contributed by atoms with Gasteiger partial charge in [0.25, 0.3) is 5.91 Å². The Bertz CT molecular complexity index is 787. The molecular weight excluding hydrogens is 318 g/mol. The fourth-order valence-corrected chi connectivity index (χ4v) is 2.98. The van der Waals surface area contributed by atoms with Gasteiger partial charge in [-0.25, -0.2) is 13.9 Å². The highest BCUT2D eigenvalue weighted by atomic mass is 32.2. The Balaban J connectivity index is 2.02. The molecule has 0 radical (unpaired) electrons. The molecule has 2 rings (SSSR count). The number of hydrogen-bond donors (Lipinski definition) is 3. The number of carbonyl (C=O) groups is 1. The number of sulfonamides is 1. The lowest BCUT2D eigenvalue weighted by Crippen LogP contribution is -2.15. The molecule has 0 spiro atoms. The van der Waals surface area contributed by atoms with E-state index in [4.69, 9.17) is 5.21 Å². The topological polar surface area (TPSA) is 108 Å². The highest BCUT2D eigenvalue weighted by Gasteiger charge is 2.11. The molecule has 0 saturated heterocycles. The smallest absolute Gasteiger partial charge is 0.267 e. The Kier molecular flexibility index (Phi) is 5.45. The Morgan fingerprint density at radius 2 is 1.96 bits per heavy atom. The van der Waals surface area contributed by atoms with E-state index < -0.39 is 15.9 Å². The van der Waals surface area contributed by atoms with Crippen molar-refractivity contribution in [3.8, 4) is 0 Å². The van der Waals surface area contributed by atoms with Gasteiger partial charge in [-0.1, -0.05) is 24.3 Å². The van der Waals surface area contributed by atoms with Gasteiger partial charge < -0.3 is 0 Å². The molecule has 0 bridgehead atoms. The van der Waals surface area contributed by atoms with E-state index in [0.717, 1.165) is 6.08 Å². The number of hydrogen-bond acceptors (Lipinski definition) is 5. The highest BCUT2D eigenvalue weighted by molar-refractivity contribution is 7.91. The molecule has 0 aliphatic rings. The maximum absolute atomic E-state index is 12.1. The molecular formula is C15H15N3O4S. The first-order valence-corrected chi connectivity index (χ1v) is 8.25. The standard InChI is InChI=1S/C15H15N3O4S/c19-15(17-20)8-7-12-3-5-13(6-4-12)11-23(21,22)18-14-2-1-9-16-10-14/h1-10,18,20H,11H2,(H,17,19)/b8-7+. The monoisotopic (exact) mass is 333 g/mol. The van der Waals surface area contributed by atoms with Crippen molar-refractivity contribution in [2.75, 3.05) is 4.72 Å². The molecule has 0 saturated carbocycles. The third-order valence-corrected chi connectivity index (χ3v) is 4.07. The van der Waals surface area contributed by atoms with Crippen molar-refractivity contribution >= 4 is 27.7 Å². The van der Waals surface area contributed by atoms with Crippen LogP contribution in [0.4, 0.5) is 5.69 Å². The van der Waals surface area contributed by atoms with Crippen LogP contribution < -0.4 is 10.2 Å². The fraction of sp³-hybridized carbons (Fsp3) is 0.0667. The number of aromatic nitrogens is 1. The summed E-state index contributed by atoms with van der Waals surface area (Å²) in [5.74, 6) is -0.819. The van der Waals surface area contributed by atoms with E-state index in [1.165, 1.54) is 17.8 Å². The zero-order valence-corrected chi connectivity index (χ0v) is 12.8. The number of benzene rings is 1. The van der Waals surface area contributed by atoms with Crippen LogP contribution in [0.5, 0.6) is 0 Å². The summed E-state index contributed by atoms with van der Waals surface area (Å²) in [6, 6.07) is 9.91. The van der Waals surface area contributed by atoms with Crippen molar-refractivity contribution in [2.45, 2.75) is 5.75 Å². The molecule has 0 aliphatic carbocycles. The second-order valence-electron chi connectivity index (χ2n) is 4.65. The normalized spacial score (nSPS) is 11.3. The van der Waals surface area contributed by atoms with Crippen LogP contribution in [0.15, 0.2) is 54.9 Å². The molecule has 1 amide bonds. The van der Waals surface area contributed by atoms with E-state index >= 15 is 0 Å². The van der Waals surface area contributed by atoms with Crippen LogP contribution in [0.2, 0.25) is 0 Å². The summed E-state index contributed by atoms with van der Waals surface area (Å²) in [5.41, 5.74) is 3.19. The highest BCUT2D eigenvalue weighted by Crippen LogP contribution is 2.13. The van der Waals surface area contributed by atoms with Crippen molar-refractivity contribution < 1.29 is 18.4 Å². The lowest BCUT2D eigenvalue weighted by molar-refractivity contribution is -0.124. The molecule has 8 heteroatoms. The molecule has 3 N–H and O–H groups in total. The minimum absolute atomic E-state index is 0.178. The van der Waals surface area contributed by atoms with Crippen LogP contribution in [0, 0.1) is 0 Å². The van der Waals surface area contributed by atoms with Crippen molar-refractivity contribution in [3.05, 3.63) is 66.0 Å². The number of pyridine rings is 1. The second-order valence-corrected chi connectivity index (χ2v) is 6.38. The molecule has 7 nitrogen and oxygen atoms in total. The number of hydroxylamine groups is 1. The number of amides is 1. The van der Waals surface area contributed by atoms with Crippen LogP contribution in [0.3, 0.4) is 0 Å². The van der Waals surface area contributed by atoms with Gasteiger partial charge in [0.15, 0.2) is 0 Å². The van der Waals surface area contributed by atoms with Gasteiger partial charge in [0.05, 0.1) is 17.6 Å². The van der Waals surface area contributed by atoms with Crippen molar-refractivity contribution in [2.24, 2.45) is 0 Å². The van der Waals surface area contributed by atoms with E-state index in [2.05, 4.69) is 9.71 Å². The van der Waals surface area contributed by atoms with E-state index in [-0.39, 0.29) is 5.75 Å².